The maximum atomic E-state index is 12.4. The highest BCUT2D eigenvalue weighted by molar-refractivity contribution is 7.88. The predicted octanol–water partition coefficient (Wildman–Crippen LogP) is 3.21. The summed E-state index contributed by atoms with van der Waals surface area (Å²) in [5.41, 5.74) is 2.55. The summed E-state index contributed by atoms with van der Waals surface area (Å²) in [6.07, 6.45) is 0. The number of fused-ring (bicyclic) bond motifs is 1. The van der Waals surface area contributed by atoms with Gasteiger partial charge < -0.3 is 19.9 Å². The third-order valence-electron chi connectivity index (χ3n) is 4.73. The quantitative estimate of drug-likeness (QED) is 0.300. The zero-order valence-electron chi connectivity index (χ0n) is 18.2. The highest BCUT2D eigenvalue weighted by Gasteiger charge is 2.17. The molecule has 0 amide bonds. The number of methoxy groups -OCH3 is 1. The molecule has 11 heteroatoms. The summed E-state index contributed by atoms with van der Waals surface area (Å²) in [5, 5.41) is 10.8. The number of aryl methyl sites for hydroxylation is 1. The number of sulfonamides is 1. The lowest BCUT2D eigenvalue weighted by Gasteiger charge is -2.11. The lowest BCUT2D eigenvalue weighted by molar-refractivity contribution is 0.415. The monoisotopic (exact) mass is 468 g/mol. The molecule has 10 nitrogen and oxygen atoms in total. The molecule has 0 radical (unpaired) electrons. The van der Waals surface area contributed by atoms with Gasteiger partial charge in [0.25, 0.3) is 0 Å². The second kappa shape index (κ2) is 9.84. The number of anilines is 3. The van der Waals surface area contributed by atoms with Crippen LogP contribution in [0.4, 0.5) is 17.5 Å². The van der Waals surface area contributed by atoms with Crippen LogP contribution < -0.4 is 20.1 Å². The van der Waals surface area contributed by atoms with E-state index in [1.165, 1.54) is 0 Å². The predicted molar refractivity (Wildman–Crippen MR) is 126 cm³/mol. The summed E-state index contributed by atoms with van der Waals surface area (Å²) in [6.45, 7) is 2.33. The Labute approximate surface area is 191 Å². The van der Waals surface area contributed by atoms with Crippen molar-refractivity contribution in [3.05, 3.63) is 66.0 Å². The molecule has 0 fully saturated rings. The SMILES string of the molecule is COc1ccc(Nc2cc(C)nc(NCCNS(=O)(=O)Cc3noc4ccccc34)n2)cc1. The topological polar surface area (TPSA) is 131 Å². The van der Waals surface area contributed by atoms with E-state index in [2.05, 4.69) is 30.5 Å². The third-order valence-corrected chi connectivity index (χ3v) is 6.02. The van der Waals surface area contributed by atoms with E-state index in [0.29, 0.717) is 35.0 Å². The smallest absolute Gasteiger partial charge is 0.224 e. The average Bonchev–Trinajstić information content (AvgIpc) is 3.19. The van der Waals surface area contributed by atoms with Gasteiger partial charge in [0.15, 0.2) is 5.58 Å². The molecule has 0 saturated heterocycles. The Hall–Kier alpha value is -3.70. The molecule has 0 spiro atoms. The molecule has 0 saturated carbocycles. The third kappa shape index (κ3) is 5.96. The molecular weight excluding hydrogens is 444 g/mol. The lowest BCUT2D eigenvalue weighted by Crippen LogP contribution is -2.30. The molecule has 4 rings (SSSR count). The molecule has 0 aliphatic carbocycles. The van der Waals surface area contributed by atoms with Gasteiger partial charge in [0, 0.05) is 35.9 Å². The van der Waals surface area contributed by atoms with Crippen molar-refractivity contribution in [2.75, 3.05) is 30.8 Å². The van der Waals surface area contributed by atoms with Gasteiger partial charge in [0.05, 0.1) is 7.11 Å². The van der Waals surface area contributed by atoms with Crippen molar-refractivity contribution in [2.24, 2.45) is 0 Å². The van der Waals surface area contributed by atoms with Crippen LogP contribution in [-0.4, -0.2) is 43.7 Å². The molecule has 2 aromatic carbocycles. The first-order valence-electron chi connectivity index (χ1n) is 10.2. The van der Waals surface area contributed by atoms with Crippen LogP contribution in [-0.2, 0) is 15.8 Å². The van der Waals surface area contributed by atoms with Gasteiger partial charge in [0.2, 0.25) is 16.0 Å². The van der Waals surface area contributed by atoms with Crippen molar-refractivity contribution >= 4 is 38.4 Å². The number of benzene rings is 2. The van der Waals surface area contributed by atoms with Gasteiger partial charge in [-0.2, -0.15) is 4.98 Å². The van der Waals surface area contributed by atoms with E-state index in [1.54, 1.807) is 25.3 Å². The molecule has 0 aliphatic heterocycles. The fourth-order valence-corrected chi connectivity index (χ4v) is 4.27. The summed E-state index contributed by atoms with van der Waals surface area (Å²) < 4.78 is 37.8. The minimum Gasteiger partial charge on any atom is -0.497 e. The van der Waals surface area contributed by atoms with Gasteiger partial charge in [-0.3, -0.25) is 0 Å². The fraction of sp³-hybridized carbons (Fsp3) is 0.227. The highest BCUT2D eigenvalue weighted by atomic mass is 32.2. The van der Waals surface area contributed by atoms with E-state index in [0.717, 1.165) is 17.1 Å². The maximum Gasteiger partial charge on any atom is 0.224 e. The first kappa shape index (κ1) is 22.5. The lowest BCUT2D eigenvalue weighted by atomic mass is 10.2. The van der Waals surface area contributed by atoms with E-state index in [1.807, 2.05) is 43.3 Å². The molecule has 33 heavy (non-hydrogen) atoms. The van der Waals surface area contributed by atoms with Crippen LogP contribution in [0.2, 0.25) is 0 Å². The van der Waals surface area contributed by atoms with Crippen LogP contribution in [0.25, 0.3) is 11.0 Å². The van der Waals surface area contributed by atoms with E-state index in [-0.39, 0.29) is 12.3 Å². The molecule has 0 bridgehead atoms. The summed E-state index contributed by atoms with van der Waals surface area (Å²) in [4.78, 5) is 8.79. The molecule has 0 atom stereocenters. The Morgan fingerprint density at radius 3 is 2.61 bits per heavy atom. The number of para-hydroxylation sites is 1. The fourth-order valence-electron chi connectivity index (χ4n) is 3.19. The largest absolute Gasteiger partial charge is 0.497 e. The van der Waals surface area contributed by atoms with Gasteiger partial charge in [-0.1, -0.05) is 17.3 Å². The van der Waals surface area contributed by atoms with E-state index in [9.17, 15) is 8.42 Å². The Kier molecular flexibility index (Phi) is 6.71. The second-order valence-electron chi connectivity index (χ2n) is 7.28. The minimum atomic E-state index is -3.59. The molecule has 4 aromatic rings. The van der Waals surface area contributed by atoms with E-state index in [4.69, 9.17) is 9.26 Å². The molecule has 2 aromatic heterocycles. The van der Waals surface area contributed by atoms with E-state index < -0.39 is 10.0 Å². The van der Waals surface area contributed by atoms with Gasteiger partial charge in [-0.05, 0) is 43.3 Å². The van der Waals surface area contributed by atoms with Gasteiger partial charge in [0.1, 0.15) is 23.0 Å². The first-order chi connectivity index (χ1) is 15.9. The summed E-state index contributed by atoms with van der Waals surface area (Å²) in [6, 6.07) is 16.4. The maximum absolute atomic E-state index is 12.4. The van der Waals surface area contributed by atoms with Crippen LogP contribution in [0.1, 0.15) is 11.4 Å². The van der Waals surface area contributed by atoms with Crippen molar-refractivity contribution in [3.8, 4) is 5.75 Å². The van der Waals surface area contributed by atoms with Gasteiger partial charge in [-0.15, -0.1) is 0 Å². The molecule has 0 unspecified atom stereocenters. The van der Waals surface area contributed by atoms with Crippen LogP contribution in [0, 0.1) is 6.92 Å². The van der Waals surface area contributed by atoms with Crippen LogP contribution in [0.3, 0.4) is 0 Å². The standard InChI is InChI=1S/C22H24N6O4S/c1-15-13-21(26-16-7-9-17(31-2)10-8-16)27-22(25-15)23-11-12-24-33(29,30)14-19-18-5-3-4-6-20(18)32-28-19/h3-10,13,24H,11-12,14H2,1-2H3,(H2,23,25,26,27). The van der Waals surface area contributed by atoms with Crippen LogP contribution >= 0.6 is 0 Å². The molecular formula is C22H24N6O4S. The van der Waals surface area contributed by atoms with Crippen molar-refractivity contribution in [3.63, 3.8) is 0 Å². The number of hydrogen-bond acceptors (Lipinski definition) is 9. The van der Waals surface area contributed by atoms with Crippen molar-refractivity contribution < 1.29 is 17.7 Å². The zero-order chi connectivity index (χ0) is 23.3. The number of hydrogen-bond donors (Lipinski definition) is 3. The van der Waals surface area contributed by atoms with Crippen molar-refractivity contribution in [2.45, 2.75) is 12.7 Å². The molecule has 2 heterocycles. The summed E-state index contributed by atoms with van der Waals surface area (Å²) in [7, 11) is -1.97. The Balaban J connectivity index is 1.31. The molecule has 0 aliphatic rings. The average molecular weight is 469 g/mol. The second-order valence-corrected chi connectivity index (χ2v) is 9.08. The highest BCUT2D eigenvalue weighted by Crippen LogP contribution is 2.21. The van der Waals surface area contributed by atoms with Crippen molar-refractivity contribution in [1.29, 1.82) is 0 Å². The van der Waals surface area contributed by atoms with Crippen LogP contribution in [0.5, 0.6) is 5.75 Å². The Morgan fingerprint density at radius 2 is 1.82 bits per heavy atom. The number of rotatable bonds is 10. The Bertz CT molecular complexity index is 1340. The zero-order valence-corrected chi connectivity index (χ0v) is 19.0. The first-order valence-corrected chi connectivity index (χ1v) is 11.9. The summed E-state index contributed by atoms with van der Waals surface area (Å²) >= 11 is 0. The summed E-state index contributed by atoms with van der Waals surface area (Å²) in [5.74, 6) is 1.52. The minimum absolute atomic E-state index is 0.163. The molecule has 172 valence electrons. The Morgan fingerprint density at radius 1 is 1.03 bits per heavy atom. The van der Waals surface area contributed by atoms with Crippen molar-refractivity contribution in [1.82, 2.24) is 19.8 Å². The van der Waals surface area contributed by atoms with Crippen LogP contribution in [0.15, 0.2) is 59.1 Å². The number of nitrogens with zero attached hydrogens (tertiary/aromatic N) is 3. The van der Waals surface area contributed by atoms with E-state index >= 15 is 0 Å². The van der Waals surface area contributed by atoms with Gasteiger partial charge in [-0.25, -0.2) is 18.1 Å². The van der Waals surface area contributed by atoms with Gasteiger partial charge >= 0.3 is 0 Å². The number of ether oxygens (including phenoxy) is 1. The number of nitrogens with one attached hydrogen (secondary N) is 3. The molecule has 3 N–H and O–H groups in total. The normalized spacial score (nSPS) is 11.5. The number of aromatic nitrogens is 3.